The highest BCUT2D eigenvalue weighted by Gasteiger charge is 2.49. The maximum atomic E-state index is 12.7. The number of carbonyl (C=O) groups is 2. The minimum Gasteiger partial charge on any atom is -0.337 e. The smallest absolute Gasteiger partial charge is 0.272 e. The normalized spacial score (nSPS) is 21.7. The molecule has 3 heterocycles. The number of hydrogen-bond acceptors (Lipinski definition) is 4. The minimum atomic E-state index is -0.256. The summed E-state index contributed by atoms with van der Waals surface area (Å²) in [6.07, 6.45) is 1.16. The monoisotopic (exact) mass is 380 g/mol. The van der Waals surface area contributed by atoms with Crippen molar-refractivity contribution < 1.29 is 9.59 Å². The van der Waals surface area contributed by atoms with Gasteiger partial charge < -0.3 is 9.80 Å². The van der Waals surface area contributed by atoms with Crippen molar-refractivity contribution in [1.29, 1.82) is 5.26 Å². The number of carbonyl (C=O) groups excluding carboxylic acids is 2. The largest absolute Gasteiger partial charge is 0.337 e. The quantitative estimate of drug-likeness (QED) is 0.750. The van der Waals surface area contributed by atoms with Crippen molar-refractivity contribution in [3.05, 3.63) is 58.9 Å². The maximum Gasteiger partial charge on any atom is 0.272 e. The predicted octanol–water partition coefficient (Wildman–Crippen LogP) is 2.88. The molecule has 2 aromatic rings. The molecule has 0 N–H and O–H groups in total. The summed E-state index contributed by atoms with van der Waals surface area (Å²) in [6, 6.07) is 14.2. The zero-order valence-electron chi connectivity index (χ0n) is 14.6. The van der Waals surface area contributed by atoms with E-state index >= 15 is 0 Å². The van der Waals surface area contributed by atoms with E-state index in [1.165, 1.54) is 0 Å². The summed E-state index contributed by atoms with van der Waals surface area (Å²) >= 11 is 5.89. The maximum absolute atomic E-state index is 12.7. The van der Waals surface area contributed by atoms with E-state index in [9.17, 15) is 9.59 Å². The van der Waals surface area contributed by atoms with Gasteiger partial charge in [0, 0.05) is 37.2 Å². The highest BCUT2D eigenvalue weighted by atomic mass is 35.5. The second-order valence-corrected chi connectivity index (χ2v) is 7.53. The van der Waals surface area contributed by atoms with Gasteiger partial charge >= 0.3 is 0 Å². The fourth-order valence-corrected chi connectivity index (χ4v) is 4.11. The summed E-state index contributed by atoms with van der Waals surface area (Å²) in [5.41, 5.74) is 1.32. The number of anilines is 1. The summed E-state index contributed by atoms with van der Waals surface area (Å²) in [4.78, 5) is 32.9. The van der Waals surface area contributed by atoms with Crippen LogP contribution in [0, 0.1) is 16.7 Å². The van der Waals surface area contributed by atoms with Gasteiger partial charge in [0.1, 0.15) is 10.8 Å². The SMILES string of the molecule is N#Cc1cccc(N2CC3(CCN(C(=O)c4cccc(Cl)n4)C3)CC2=O)c1. The Morgan fingerprint density at radius 2 is 2.04 bits per heavy atom. The molecule has 0 aliphatic carbocycles. The fraction of sp³-hybridized carbons (Fsp3) is 0.300. The van der Waals surface area contributed by atoms with E-state index in [2.05, 4.69) is 11.1 Å². The lowest BCUT2D eigenvalue weighted by atomic mass is 9.86. The van der Waals surface area contributed by atoms with Gasteiger partial charge in [0.05, 0.1) is 11.6 Å². The first-order valence-electron chi connectivity index (χ1n) is 8.72. The van der Waals surface area contributed by atoms with Gasteiger partial charge in [0.25, 0.3) is 5.91 Å². The molecule has 1 atom stereocenters. The first-order valence-corrected chi connectivity index (χ1v) is 9.10. The molecular weight excluding hydrogens is 364 g/mol. The van der Waals surface area contributed by atoms with Crippen molar-refractivity contribution in [2.45, 2.75) is 12.8 Å². The van der Waals surface area contributed by atoms with Crippen LogP contribution in [0.2, 0.25) is 5.15 Å². The Hall–Kier alpha value is -2.91. The Balaban J connectivity index is 1.52. The molecule has 2 aliphatic heterocycles. The second-order valence-electron chi connectivity index (χ2n) is 7.14. The van der Waals surface area contributed by atoms with Crippen LogP contribution in [0.4, 0.5) is 5.69 Å². The van der Waals surface area contributed by atoms with Crippen molar-refractivity contribution in [2.24, 2.45) is 5.41 Å². The Morgan fingerprint density at radius 1 is 1.22 bits per heavy atom. The molecule has 6 nitrogen and oxygen atoms in total. The molecular formula is C20H17ClN4O2. The fourth-order valence-electron chi connectivity index (χ4n) is 3.95. The summed E-state index contributed by atoms with van der Waals surface area (Å²) < 4.78 is 0. The molecule has 27 heavy (non-hydrogen) atoms. The van der Waals surface area contributed by atoms with Crippen LogP contribution in [-0.4, -0.2) is 41.3 Å². The van der Waals surface area contributed by atoms with Crippen LogP contribution in [-0.2, 0) is 4.79 Å². The molecule has 2 amide bonds. The summed E-state index contributed by atoms with van der Waals surface area (Å²) in [5, 5.41) is 9.37. The number of nitriles is 1. The standard InChI is InChI=1S/C20H17ClN4O2/c21-17-6-2-5-16(23-17)19(27)24-8-7-20(12-24)10-18(26)25(13-20)15-4-1-3-14(9-15)11-22/h1-6,9H,7-8,10,12-13H2. The second kappa shape index (κ2) is 6.67. The first kappa shape index (κ1) is 17.5. The van der Waals surface area contributed by atoms with Crippen LogP contribution >= 0.6 is 11.6 Å². The number of likely N-dealkylation sites (tertiary alicyclic amines) is 1. The van der Waals surface area contributed by atoms with Gasteiger partial charge in [-0.05, 0) is 36.8 Å². The molecule has 1 aromatic carbocycles. The third-order valence-electron chi connectivity index (χ3n) is 5.27. The van der Waals surface area contributed by atoms with Gasteiger partial charge in [-0.15, -0.1) is 0 Å². The third-order valence-corrected chi connectivity index (χ3v) is 5.48. The Kier molecular flexibility index (Phi) is 4.33. The van der Waals surface area contributed by atoms with Crippen molar-refractivity contribution >= 4 is 29.1 Å². The van der Waals surface area contributed by atoms with Gasteiger partial charge in [-0.1, -0.05) is 23.7 Å². The van der Waals surface area contributed by atoms with Crippen molar-refractivity contribution in [1.82, 2.24) is 9.88 Å². The number of hydrogen-bond donors (Lipinski definition) is 0. The van der Waals surface area contributed by atoms with Gasteiger partial charge in [0.2, 0.25) is 5.91 Å². The molecule has 136 valence electrons. The van der Waals surface area contributed by atoms with Crippen molar-refractivity contribution in [3.8, 4) is 6.07 Å². The molecule has 1 aromatic heterocycles. The highest BCUT2D eigenvalue weighted by Crippen LogP contribution is 2.42. The molecule has 0 bridgehead atoms. The average Bonchev–Trinajstić information content (AvgIpc) is 3.24. The van der Waals surface area contributed by atoms with Crippen LogP contribution in [0.3, 0.4) is 0 Å². The lowest BCUT2D eigenvalue weighted by Crippen LogP contribution is -2.34. The van der Waals surface area contributed by atoms with E-state index in [1.54, 1.807) is 46.2 Å². The third kappa shape index (κ3) is 3.26. The number of aromatic nitrogens is 1. The van der Waals surface area contributed by atoms with Crippen molar-refractivity contribution in [3.63, 3.8) is 0 Å². The van der Waals surface area contributed by atoms with Crippen LogP contribution < -0.4 is 4.90 Å². The molecule has 4 rings (SSSR count). The van der Waals surface area contributed by atoms with Crippen LogP contribution in [0.25, 0.3) is 0 Å². The van der Waals surface area contributed by atoms with E-state index in [4.69, 9.17) is 16.9 Å². The highest BCUT2D eigenvalue weighted by molar-refractivity contribution is 6.29. The zero-order chi connectivity index (χ0) is 19.0. The Labute approximate surface area is 162 Å². The number of amides is 2. The topological polar surface area (TPSA) is 77.3 Å². The van der Waals surface area contributed by atoms with Gasteiger partial charge in [-0.25, -0.2) is 4.98 Å². The number of benzene rings is 1. The van der Waals surface area contributed by atoms with E-state index in [0.29, 0.717) is 37.3 Å². The molecule has 0 saturated carbocycles. The van der Waals surface area contributed by atoms with E-state index in [0.717, 1.165) is 12.1 Å². The van der Waals surface area contributed by atoms with Crippen LogP contribution in [0.5, 0.6) is 0 Å². The molecule has 1 spiro atoms. The molecule has 2 aliphatic rings. The molecule has 1 unspecified atom stereocenters. The Bertz CT molecular complexity index is 970. The molecule has 0 radical (unpaired) electrons. The van der Waals surface area contributed by atoms with Crippen molar-refractivity contribution in [2.75, 3.05) is 24.5 Å². The lowest BCUT2D eigenvalue weighted by Gasteiger charge is -2.24. The lowest BCUT2D eigenvalue weighted by molar-refractivity contribution is -0.117. The number of pyridine rings is 1. The van der Waals surface area contributed by atoms with E-state index in [-0.39, 0.29) is 22.4 Å². The van der Waals surface area contributed by atoms with Gasteiger partial charge in [0.15, 0.2) is 0 Å². The van der Waals surface area contributed by atoms with E-state index < -0.39 is 0 Å². The number of rotatable bonds is 2. The Morgan fingerprint density at radius 3 is 2.81 bits per heavy atom. The predicted molar refractivity (Wildman–Crippen MR) is 100 cm³/mol. The molecule has 2 fully saturated rings. The first-order chi connectivity index (χ1) is 13.0. The number of nitrogens with zero attached hydrogens (tertiary/aromatic N) is 4. The van der Waals surface area contributed by atoms with E-state index in [1.807, 2.05) is 6.07 Å². The molecule has 7 heteroatoms. The minimum absolute atomic E-state index is 0.0280. The average molecular weight is 381 g/mol. The number of halogens is 1. The van der Waals surface area contributed by atoms with Crippen LogP contribution in [0.1, 0.15) is 28.9 Å². The summed E-state index contributed by atoms with van der Waals surface area (Å²) in [6.45, 7) is 1.65. The van der Waals surface area contributed by atoms with Gasteiger partial charge in [-0.3, -0.25) is 9.59 Å². The molecule has 2 saturated heterocycles. The summed E-state index contributed by atoms with van der Waals surface area (Å²) in [7, 11) is 0. The van der Waals surface area contributed by atoms with Crippen LogP contribution in [0.15, 0.2) is 42.5 Å². The summed E-state index contributed by atoms with van der Waals surface area (Å²) in [5.74, 6) is -0.132. The van der Waals surface area contributed by atoms with Gasteiger partial charge in [-0.2, -0.15) is 5.26 Å². The zero-order valence-corrected chi connectivity index (χ0v) is 15.3.